The fraction of sp³-hybridized carbons (Fsp3) is 0.318. The minimum absolute atomic E-state index is 0.0391. The molecule has 1 aliphatic rings. The van der Waals surface area contributed by atoms with Gasteiger partial charge >= 0.3 is 0 Å². The van der Waals surface area contributed by atoms with Gasteiger partial charge in [0, 0.05) is 44.1 Å². The SMILES string of the molecule is COc1ccc(NC(=O)c2cnc(C3CCN(C(=O)c4cnn(C)c4)C3)nc2C)cc1. The lowest BCUT2D eigenvalue weighted by atomic mass is 10.1. The Kier molecular flexibility index (Phi) is 5.66. The molecule has 1 unspecified atom stereocenters. The average Bonchev–Trinajstić information content (AvgIpc) is 3.43. The van der Waals surface area contributed by atoms with Gasteiger partial charge in [-0.15, -0.1) is 0 Å². The molecular formula is C22H24N6O3. The Morgan fingerprint density at radius 1 is 1.19 bits per heavy atom. The molecule has 0 bridgehead atoms. The molecule has 0 aliphatic carbocycles. The summed E-state index contributed by atoms with van der Waals surface area (Å²) in [6, 6.07) is 7.10. The monoisotopic (exact) mass is 420 g/mol. The number of methoxy groups -OCH3 is 1. The number of nitrogens with one attached hydrogen (secondary N) is 1. The first-order chi connectivity index (χ1) is 14.9. The number of aryl methyl sites for hydroxylation is 2. The van der Waals surface area contributed by atoms with Crippen LogP contribution in [0.25, 0.3) is 0 Å². The quantitative estimate of drug-likeness (QED) is 0.680. The summed E-state index contributed by atoms with van der Waals surface area (Å²) in [7, 11) is 3.38. The topological polar surface area (TPSA) is 102 Å². The van der Waals surface area contributed by atoms with Crippen molar-refractivity contribution in [2.75, 3.05) is 25.5 Å². The van der Waals surface area contributed by atoms with Crippen LogP contribution < -0.4 is 10.1 Å². The largest absolute Gasteiger partial charge is 0.497 e. The molecular weight excluding hydrogens is 396 g/mol. The number of anilines is 1. The first-order valence-electron chi connectivity index (χ1n) is 10.0. The number of carbonyl (C=O) groups is 2. The van der Waals surface area contributed by atoms with Crippen LogP contribution in [-0.4, -0.2) is 56.7 Å². The van der Waals surface area contributed by atoms with Gasteiger partial charge in [0.25, 0.3) is 11.8 Å². The molecule has 2 aromatic heterocycles. The van der Waals surface area contributed by atoms with E-state index in [1.165, 1.54) is 0 Å². The molecule has 9 nitrogen and oxygen atoms in total. The van der Waals surface area contributed by atoms with Crippen molar-refractivity contribution >= 4 is 17.5 Å². The van der Waals surface area contributed by atoms with E-state index in [0.717, 1.165) is 12.2 Å². The molecule has 160 valence electrons. The van der Waals surface area contributed by atoms with Gasteiger partial charge in [-0.3, -0.25) is 14.3 Å². The van der Waals surface area contributed by atoms with E-state index in [-0.39, 0.29) is 17.7 Å². The first kappa shape index (κ1) is 20.5. The van der Waals surface area contributed by atoms with Crippen LogP contribution in [-0.2, 0) is 7.05 Å². The van der Waals surface area contributed by atoms with E-state index >= 15 is 0 Å². The van der Waals surface area contributed by atoms with Crippen molar-refractivity contribution in [3.63, 3.8) is 0 Å². The van der Waals surface area contributed by atoms with Gasteiger partial charge in [-0.2, -0.15) is 5.10 Å². The summed E-state index contributed by atoms with van der Waals surface area (Å²) < 4.78 is 6.74. The molecule has 2 amide bonds. The minimum Gasteiger partial charge on any atom is -0.497 e. The van der Waals surface area contributed by atoms with Crippen LogP contribution in [0, 0.1) is 6.92 Å². The van der Waals surface area contributed by atoms with Crippen molar-refractivity contribution in [2.24, 2.45) is 7.05 Å². The predicted molar refractivity (Wildman–Crippen MR) is 114 cm³/mol. The van der Waals surface area contributed by atoms with Gasteiger partial charge in [0.05, 0.1) is 30.1 Å². The molecule has 31 heavy (non-hydrogen) atoms. The maximum atomic E-state index is 12.6. The van der Waals surface area contributed by atoms with Gasteiger partial charge in [0.15, 0.2) is 0 Å². The van der Waals surface area contributed by atoms with Crippen molar-refractivity contribution in [3.05, 3.63) is 65.5 Å². The third kappa shape index (κ3) is 4.40. The van der Waals surface area contributed by atoms with Crippen molar-refractivity contribution in [1.29, 1.82) is 0 Å². The predicted octanol–water partition coefficient (Wildman–Crippen LogP) is 2.41. The summed E-state index contributed by atoms with van der Waals surface area (Å²) in [5, 5.41) is 6.91. The van der Waals surface area contributed by atoms with E-state index < -0.39 is 0 Å². The van der Waals surface area contributed by atoms with Gasteiger partial charge in [-0.05, 0) is 37.6 Å². The van der Waals surface area contributed by atoms with E-state index in [1.54, 1.807) is 73.5 Å². The van der Waals surface area contributed by atoms with Crippen molar-refractivity contribution in [2.45, 2.75) is 19.3 Å². The molecule has 3 aromatic rings. The Labute approximate surface area is 180 Å². The highest BCUT2D eigenvalue weighted by molar-refractivity contribution is 6.04. The molecule has 1 fully saturated rings. The highest BCUT2D eigenvalue weighted by Gasteiger charge is 2.30. The highest BCUT2D eigenvalue weighted by atomic mass is 16.5. The number of aromatic nitrogens is 4. The lowest BCUT2D eigenvalue weighted by molar-refractivity contribution is 0.0790. The summed E-state index contributed by atoms with van der Waals surface area (Å²) in [6.45, 7) is 2.98. The molecule has 1 atom stereocenters. The van der Waals surface area contributed by atoms with Crippen LogP contribution in [0.4, 0.5) is 5.69 Å². The summed E-state index contributed by atoms with van der Waals surface area (Å²) >= 11 is 0. The maximum Gasteiger partial charge on any atom is 0.259 e. The van der Waals surface area contributed by atoms with Crippen molar-refractivity contribution in [1.82, 2.24) is 24.6 Å². The first-order valence-corrected chi connectivity index (χ1v) is 10.0. The van der Waals surface area contributed by atoms with Crippen LogP contribution in [0.1, 0.15) is 44.6 Å². The third-order valence-electron chi connectivity index (χ3n) is 5.38. The smallest absolute Gasteiger partial charge is 0.259 e. The Bertz CT molecular complexity index is 1110. The van der Waals surface area contributed by atoms with E-state index in [2.05, 4.69) is 20.4 Å². The second kappa shape index (κ2) is 8.55. The van der Waals surface area contributed by atoms with Crippen LogP contribution in [0.3, 0.4) is 0 Å². The zero-order chi connectivity index (χ0) is 22.0. The molecule has 4 rings (SSSR count). The fourth-order valence-corrected chi connectivity index (χ4v) is 3.65. The number of likely N-dealkylation sites (tertiary alicyclic amines) is 1. The third-order valence-corrected chi connectivity index (χ3v) is 5.38. The average molecular weight is 420 g/mol. The second-order valence-electron chi connectivity index (χ2n) is 7.55. The molecule has 9 heteroatoms. The zero-order valence-corrected chi connectivity index (χ0v) is 17.7. The number of hydrogen-bond acceptors (Lipinski definition) is 6. The standard InChI is InChI=1S/C22H24N6O3/c1-14-19(21(29)26-17-4-6-18(31-3)7-5-17)11-23-20(25-14)15-8-9-28(13-15)22(30)16-10-24-27(2)12-16/h4-7,10-12,15H,8-9,13H2,1-3H3,(H,26,29). The summed E-state index contributed by atoms with van der Waals surface area (Å²) in [6.07, 6.45) is 5.63. The molecule has 1 aliphatic heterocycles. The van der Waals surface area contributed by atoms with Crippen LogP contribution >= 0.6 is 0 Å². The van der Waals surface area contributed by atoms with Crippen LogP contribution in [0.15, 0.2) is 42.9 Å². The number of hydrogen-bond donors (Lipinski definition) is 1. The molecule has 1 N–H and O–H groups in total. The number of benzene rings is 1. The van der Waals surface area contributed by atoms with Crippen molar-refractivity contribution < 1.29 is 14.3 Å². The normalized spacial score (nSPS) is 15.7. The molecule has 1 saturated heterocycles. The molecule has 3 heterocycles. The van der Waals surface area contributed by atoms with E-state index in [4.69, 9.17) is 4.74 Å². The lowest BCUT2D eigenvalue weighted by Gasteiger charge is -2.15. The van der Waals surface area contributed by atoms with Crippen LogP contribution in [0.2, 0.25) is 0 Å². The Hall–Kier alpha value is -3.75. The Morgan fingerprint density at radius 3 is 2.61 bits per heavy atom. The molecule has 0 spiro atoms. The van der Waals surface area contributed by atoms with Crippen molar-refractivity contribution in [3.8, 4) is 5.75 Å². The van der Waals surface area contributed by atoms with Gasteiger partial charge < -0.3 is 15.0 Å². The summed E-state index contributed by atoms with van der Waals surface area (Å²) in [5.74, 6) is 1.10. The highest BCUT2D eigenvalue weighted by Crippen LogP contribution is 2.26. The second-order valence-corrected chi connectivity index (χ2v) is 7.55. The zero-order valence-electron chi connectivity index (χ0n) is 17.7. The van der Waals surface area contributed by atoms with Gasteiger partial charge in [0.2, 0.25) is 0 Å². The fourth-order valence-electron chi connectivity index (χ4n) is 3.65. The number of nitrogens with zero attached hydrogens (tertiary/aromatic N) is 5. The molecule has 0 radical (unpaired) electrons. The van der Waals surface area contributed by atoms with Gasteiger partial charge in [-0.25, -0.2) is 9.97 Å². The number of ether oxygens (including phenoxy) is 1. The number of carbonyl (C=O) groups excluding carboxylic acids is 2. The van der Waals surface area contributed by atoms with Crippen LogP contribution in [0.5, 0.6) is 5.75 Å². The number of amides is 2. The summed E-state index contributed by atoms with van der Waals surface area (Å²) in [4.78, 5) is 36.1. The number of rotatable bonds is 5. The van der Waals surface area contributed by atoms with E-state index in [9.17, 15) is 9.59 Å². The minimum atomic E-state index is -0.269. The Balaban J connectivity index is 1.42. The Morgan fingerprint density at radius 2 is 1.97 bits per heavy atom. The molecule has 1 aromatic carbocycles. The van der Waals surface area contributed by atoms with Gasteiger partial charge in [-0.1, -0.05) is 0 Å². The van der Waals surface area contributed by atoms with Gasteiger partial charge in [0.1, 0.15) is 11.6 Å². The maximum absolute atomic E-state index is 12.6. The van der Waals surface area contributed by atoms with E-state index in [0.29, 0.717) is 41.4 Å². The summed E-state index contributed by atoms with van der Waals surface area (Å²) in [5.41, 5.74) is 2.26. The lowest BCUT2D eigenvalue weighted by Crippen LogP contribution is -2.28. The van der Waals surface area contributed by atoms with E-state index in [1.807, 2.05) is 0 Å². The molecule has 0 saturated carbocycles.